The Balaban J connectivity index is 2.37. The third kappa shape index (κ3) is 2.78. The summed E-state index contributed by atoms with van der Waals surface area (Å²) >= 11 is 5.98. The van der Waals surface area contributed by atoms with Gasteiger partial charge < -0.3 is 14.9 Å². The highest BCUT2D eigenvalue weighted by Crippen LogP contribution is 2.34. The van der Waals surface area contributed by atoms with Crippen LogP contribution in [0.1, 0.15) is 39.0 Å². The number of hydrogen-bond acceptors (Lipinski definition) is 3. The fourth-order valence-corrected chi connectivity index (χ4v) is 2.41. The van der Waals surface area contributed by atoms with Crippen LogP contribution in [-0.4, -0.2) is 12.2 Å². The smallest absolute Gasteiger partial charge is 0.134 e. The first-order valence-corrected chi connectivity index (χ1v) is 6.96. The summed E-state index contributed by atoms with van der Waals surface area (Å²) in [5.41, 5.74) is 6.69. The largest absolute Gasteiger partial charge is 0.459 e. The van der Waals surface area contributed by atoms with E-state index in [2.05, 4.69) is 6.92 Å². The van der Waals surface area contributed by atoms with Crippen molar-refractivity contribution in [3.8, 4) is 0 Å². The summed E-state index contributed by atoms with van der Waals surface area (Å²) < 4.78 is 11.6. The Hall–Kier alpha value is -1.03. The summed E-state index contributed by atoms with van der Waals surface area (Å²) in [5.74, 6) is 0.732. The molecule has 0 saturated heterocycles. The van der Waals surface area contributed by atoms with Crippen LogP contribution < -0.4 is 5.73 Å². The molecule has 0 aliphatic rings. The van der Waals surface area contributed by atoms with Gasteiger partial charge in [-0.1, -0.05) is 18.5 Å². The van der Waals surface area contributed by atoms with Gasteiger partial charge in [0.1, 0.15) is 11.3 Å². The van der Waals surface area contributed by atoms with E-state index in [1.54, 1.807) is 0 Å². The molecule has 0 spiro atoms. The van der Waals surface area contributed by atoms with E-state index in [9.17, 15) is 0 Å². The molecule has 1 aromatic carbocycles. The molecule has 19 heavy (non-hydrogen) atoms. The first-order chi connectivity index (χ1) is 9.00. The first kappa shape index (κ1) is 14.4. The molecule has 0 fully saturated rings. The van der Waals surface area contributed by atoms with Crippen molar-refractivity contribution >= 4 is 22.6 Å². The summed E-state index contributed by atoms with van der Waals surface area (Å²) in [6.45, 7) is 6.68. The van der Waals surface area contributed by atoms with Gasteiger partial charge in [0.2, 0.25) is 0 Å². The van der Waals surface area contributed by atoms with Gasteiger partial charge in [-0.3, -0.25) is 0 Å². The SMILES string of the molecule is CCOC(C)(CC)C(N)c1cc2cc(Cl)ccc2o1. The zero-order chi connectivity index (χ0) is 14.0. The highest BCUT2D eigenvalue weighted by atomic mass is 35.5. The van der Waals surface area contributed by atoms with Gasteiger partial charge in [0, 0.05) is 17.0 Å². The Bertz CT molecular complexity index is 566. The number of fused-ring (bicyclic) bond motifs is 1. The average Bonchev–Trinajstić information content (AvgIpc) is 2.80. The lowest BCUT2D eigenvalue weighted by Gasteiger charge is -2.33. The van der Waals surface area contributed by atoms with E-state index >= 15 is 0 Å². The van der Waals surface area contributed by atoms with Gasteiger partial charge in [-0.15, -0.1) is 0 Å². The minimum atomic E-state index is -0.424. The lowest BCUT2D eigenvalue weighted by molar-refractivity contribution is -0.0511. The highest BCUT2D eigenvalue weighted by molar-refractivity contribution is 6.31. The molecule has 2 unspecified atom stereocenters. The summed E-state index contributed by atoms with van der Waals surface area (Å²) in [4.78, 5) is 0. The fourth-order valence-electron chi connectivity index (χ4n) is 2.23. The normalized spacial score (nSPS) is 16.5. The van der Waals surface area contributed by atoms with Crippen molar-refractivity contribution in [3.63, 3.8) is 0 Å². The molecule has 0 saturated carbocycles. The second-order valence-corrected chi connectivity index (χ2v) is 5.34. The second-order valence-electron chi connectivity index (χ2n) is 4.91. The Labute approximate surface area is 118 Å². The Kier molecular flexibility index (Phi) is 4.19. The van der Waals surface area contributed by atoms with Crippen LogP contribution in [-0.2, 0) is 4.74 Å². The van der Waals surface area contributed by atoms with Crippen LogP contribution >= 0.6 is 11.6 Å². The second kappa shape index (κ2) is 5.53. The van der Waals surface area contributed by atoms with Crippen molar-refractivity contribution in [1.82, 2.24) is 0 Å². The average molecular weight is 282 g/mol. The predicted molar refractivity (Wildman–Crippen MR) is 78.5 cm³/mol. The fraction of sp³-hybridized carbons (Fsp3) is 0.467. The monoisotopic (exact) mass is 281 g/mol. The Morgan fingerprint density at radius 3 is 2.74 bits per heavy atom. The van der Waals surface area contributed by atoms with Gasteiger partial charge in [-0.05, 0) is 44.5 Å². The third-order valence-electron chi connectivity index (χ3n) is 3.64. The van der Waals surface area contributed by atoms with E-state index in [0.29, 0.717) is 11.6 Å². The van der Waals surface area contributed by atoms with Gasteiger partial charge >= 0.3 is 0 Å². The van der Waals surface area contributed by atoms with Crippen LogP contribution in [0.2, 0.25) is 5.02 Å². The van der Waals surface area contributed by atoms with Gasteiger partial charge in [0.25, 0.3) is 0 Å². The summed E-state index contributed by atoms with van der Waals surface area (Å²) in [6.07, 6.45) is 0.819. The van der Waals surface area contributed by atoms with E-state index in [1.807, 2.05) is 38.1 Å². The molecule has 0 amide bonds. The van der Waals surface area contributed by atoms with Gasteiger partial charge in [0.15, 0.2) is 0 Å². The van der Waals surface area contributed by atoms with Crippen molar-refractivity contribution in [3.05, 3.63) is 35.0 Å². The van der Waals surface area contributed by atoms with E-state index < -0.39 is 5.60 Å². The number of hydrogen-bond donors (Lipinski definition) is 1. The van der Waals surface area contributed by atoms with Crippen molar-refractivity contribution in [1.29, 1.82) is 0 Å². The molecule has 4 heteroatoms. The molecule has 1 aromatic heterocycles. The predicted octanol–water partition coefficient (Wildman–Crippen LogP) is 4.29. The maximum atomic E-state index is 6.32. The van der Waals surface area contributed by atoms with Crippen LogP contribution in [0.5, 0.6) is 0 Å². The van der Waals surface area contributed by atoms with Crippen LogP contribution in [0, 0.1) is 0 Å². The van der Waals surface area contributed by atoms with Crippen molar-refractivity contribution < 1.29 is 9.15 Å². The summed E-state index contributed by atoms with van der Waals surface area (Å²) in [7, 11) is 0. The summed E-state index contributed by atoms with van der Waals surface area (Å²) in [6, 6.07) is 7.19. The number of halogens is 1. The highest BCUT2D eigenvalue weighted by Gasteiger charge is 2.34. The molecule has 0 radical (unpaired) electrons. The molecule has 104 valence electrons. The van der Waals surface area contributed by atoms with E-state index in [1.165, 1.54) is 0 Å². The van der Waals surface area contributed by atoms with Gasteiger partial charge in [0.05, 0.1) is 11.6 Å². The van der Waals surface area contributed by atoms with Crippen LogP contribution in [0.4, 0.5) is 0 Å². The molecule has 3 nitrogen and oxygen atoms in total. The van der Waals surface area contributed by atoms with Crippen LogP contribution in [0.25, 0.3) is 11.0 Å². The van der Waals surface area contributed by atoms with Crippen LogP contribution in [0.15, 0.2) is 28.7 Å². The van der Waals surface area contributed by atoms with E-state index in [0.717, 1.165) is 23.2 Å². The molecule has 2 aromatic rings. The quantitative estimate of drug-likeness (QED) is 0.889. The number of furan rings is 1. The van der Waals surface area contributed by atoms with Crippen molar-refractivity contribution in [2.24, 2.45) is 5.73 Å². The lowest BCUT2D eigenvalue weighted by Crippen LogP contribution is -2.40. The topological polar surface area (TPSA) is 48.4 Å². The zero-order valence-corrected chi connectivity index (χ0v) is 12.3. The molecule has 2 N–H and O–H groups in total. The molecule has 1 heterocycles. The Morgan fingerprint density at radius 1 is 1.37 bits per heavy atom. The molecular weight excluding hydrogens is 262 g/mol. The molecule has 2 rings (SSSR count). The third-order valence-corrected chi connectivity index (χ3v) is 3.87. The van der Waals surface area contributed by atoms with E-state index in [4.69, 9.17) is 26.5 Å². The molecule has 0 bridgehead atoms. The summed E-state index contributed by atoms with van der Waals surface area (Å²) in [5, 5.41) is 1.66. The standard InChI is InChI=1S/C15H20ClNO2/c1-4-15(3,18-5-2)14(17)13-9-10-8-11(16)6-7-12(10)19-13/h6-9,14H,4-5,17H2,1-3H3. The first-order valence-electron chi connectivity index (χ1n) is 6.58. The molecule has 2 atom stereocenters. The minimum absolute atomic E-state index is 0.302. The minimum Gasteiger partial charge on any atom is -0.459 e. The lowest BCUT2D eigenvalue weighted by atomic mass is 9.92. The molecular formula is C15H20ClNO2. The van der Waals surface area contributed by atoms with Crippen LogP contribution in [0.3, 0.4) is 0 Å². The van der Waals surface area contributed by atoms with Crippen molar-refractivity contribution in [2.75, 3.05) is 6.61 Å². The van der Waals surface area contributed by atoms with Gasteiger partial charge in [-0.2, -0.15) is 0 Å². The molecule has 0 aliphatic carbocycles. The number of rotatable bonds is 5. The molecule has 0 aliphatic heterocycles. The Morgan fingerprint density at radius 2 is 2.11 bits per heavy atom. The van der Waals surface area contributed by atoms with Gasteiger partial charge in [-0.25, -0.2) is 0 Å². The number of benzene rings is 1. The number of nitrogens with two attached hydrogens (primary N) is 1. The number of ether oxygens (including phenoxy) is 1. The van der Waals surface area contributed by atoms with E-state index in [-0.39, 0.29) is 6.04 Å². The van der Waals surface area contributed by atoms with Crippen molar-refractivity contribution in [2.45, 2.75) is 38.8 Å². The maximum Gasteiger partial charge on any atom is 0.134 e. The maximum absolute atomic E-state index is 6.32. The zero-order valence-electron chi connectivity index (χ0n) is 11.6.